The van der Waals surface area contributed by atoms with Crippen molar-refractivity contribution < 1.29 is 14.3 Å². The molecule has 0 aromatic heterocycles. The Kier molecular flexibility index (Phi) is 4.07. The molecule has 0 bridgehead atoms. The van der Waals surface area contributed by atoms with Gasteiger partial charge in [-0.25, -0.2) is 0 Å². The van der Waals surface area contributed by atoms with E-state index >= 15 is 0 Å². The van der Waals surface area contributed by atoms with E-state index in [2.05, 4.69) is 10.6 Å². The molecule has 1 aliphatic rings. The van der Waals surface area contributed by atoms with Crippen molar-refractivity contribution in [3.05, 3.63) is 29.8 Å². The number of hydrogen-bond donors (Lipinski definition) is 2. The highest BCUT2D eigenvalue weighted by Gasteiger charge is 2.32. The predicted molar refractivity (Wildman–Crippen MR) is 73.2 cm³/mol. The number of carbonyl (C=O) groups is 1. The monoisotopic (exact) mass is 264 g/mol. The summed E-state index contributed by atoms with van der Waals surface area (Å²) in [6, 6.07) is 7.39. The second kappa shape index (κ2) is 5.59. The Morgan fingerprint density at radius 3 is 2.79 bits per heavy atom. The van der Waals surface area contributed by atoms with Crippen LogP contribution in [0.25, 0.3) is 0 Å². The number of ether oxygens (including phenoxy) is 2. The molecule has 1 unspecified atom stereocenters. The largest absolute Gasteiger partial charge is 0.387 e. The molecule has 0 radical (unpaired) electrons. The molecule has 0 saturated carbocycles. The van der Waals surface area contributed by atoms with Gasteiger partial charge >= 0.3 is 0 Å². The topological polar surface area (TPSA) is 59.6 Å². The highest BCUT2D eigenvalue weighted by atomic mass is 16.7. The van der Waals surface area contributed by atoms with Gasteiger partial charge in [0.1, 0.15) is 6.10 Å². The lowest BCUT2D eigenvalue weighted by Crippen LogP contribution is -2.34. The van der Waals surface area contributed by atoms with E-state index in [1.165, 1.54) is 0 Å². The normalized spacial score (nSPS) is 21.1. The highest BCUT2D eigenvalue weighted by molar-refractivity contribution is 5.99. The van der Waals surface area contributed by atoms with E-state index in [0.717, 1.165) is 5.69 Å². The summed E-state index contributed by atoms with van der Waals surface area (Å²) < 4.78 is 11.1. The predicted octanol–water partition coefficient (Wildman–Crippen LogP) is 1.61. The van der Waals surface area contributed by atoms with Gasteiger partial charge in [0.25, 0.3) is 5.91 Å². The summed E-state index contributed by atoms with van der Waals surface area (Å²) in [5.74, 6) is -0.670. The average molecular weight is 264 g/mol. The molecule has 1 fully saturated rings. The maximum atomic E-state index is 12.1. The summed E-state index contributed by atoms with van der Waals surface area (Å²) in [5, 5.41) is 5.87. The van der Waals surface area contributed by atoms with Crippen molar-refractivity contribution in [1.82, 2.24) is 5.32 Å². The number of nitrogens with one attached hydrogen (secondary N) is 2. The van der Waals surface area contributed by atoms with Crippen LogP contribution >= 0.6 is 0 Å². The molecule has 1 aromatic carbocycles. The van der Waals surface area contributed by atoms with E-state index < -0.39 is 5.79 Å². The van der Waals surface area contributed by atoms with Crippen molar-refractivity contribution in [3.63, 3.8) is 0 Å². The molecule has 0 spiro atoms. The molecule has 1 heterocycles. The third-order valence-corrected chi connectivity index (χ3v) is 3.00. The van der Waals surface area contributed by atoms with E-state index in [-0.39, 0.29) is 12.0 Å². The quantitative estimate of drug-likeness (QED) is 0.867. The zero-order valence-corrected chi connectivity index (χ0v) is 11.5. The van der Waals surface area contributed by atoms with Gasteiger partial charge in [-0.2, -0.15) is 0 Å². The van der Waals surface area contributed by atoms with Crippen molar-refractivity contribution in [3.8, 4) is 0 Å². The summed E-state index contributed by atoms with van der Waals surface area (Å²) >= 11 is 0. The maximum Gasteiger partial charge on any atom is 0.253 e. The Morgan fingerprint density at radius 2 is 2.16 bits per heavy atom. The molecule has 0 aliphatic carbocycles. The maximum absolute atomic E-state index is 12.1. The molecular formula is C14H20N2O3. The van der Waals surface area contributed by atoms with Gasteiger partial charge in [-0.3, -0.25) is 4.79 Å². The number of hydrogen-bond acceptors (Lipinski definition) is 4. The minimum atomic E-state index is -0.557. The van der Waals surface area contributed by atoms with Gasteiger partial charge in [0.15, 0.2) is 5.79 Å². The van der Waals surface area contributed by atoms with Gasteiger partial charge in [-0.1, -0.05) is 12.1 Å². The Labute approximate surface area is 113 Å². The van der Waals surface area contributed by atoms with E-state index in [0.29, 0.717) is 18.7 Å². The van der Waals surface area contributed by atoms with Crippen molar-refractivity contribution >= 4 is 11.6 Å². The van der Waals surface area contributed by atoms with Crippen LogP contribution in [0.15, 0.2) is 24.3 Å². The van der Waals surface area contributed by atoms with Gasteiger partial charge in [0.05, 0.1) is 12.2 Å². The zero-order chi connectivity index (χ0) is 13.9. The van der Waals surface area contributed by atoms with Crippen LogP contribution in [-0.4, -0.2) is 38.0 Å². The lowest BCUT2D eigenvalue weighted by molar-refractivity contribution is -0.137. The third-order valence-electron chi connectivity index (χ3n) is 3.00. The van der Waals surface area contributed by atoms with Crippen LogP contribution in [0.5, 0.6) is 0 Å². The minimum Gasteiger partial charge on any atom is -0.387 e. The van der Waals surface area contributed by atoms with Crippen LogP contribution in [0, 0.1) is 0 Å². The minimum absolute atomic E-state index is 0.0966. The van der Waals surface area contributed by atoms with Gasteiger partial charge in [0, 0.05) is 19.3 Å². The standard InChI is InChI=1S/C14H20N2O3/c1-14(2)18-9-10(19-14)8-16-13(17)11-6-4-5-7-12(11)15-3/h4-7,10,15H,8-9H2,1-3H3,(H,16,17). The molecule has 1 aromatic rings. The molecular weight excluding hydrogens is 244 g/mol. The van der Waals surface area contributed by atoms with Crippen LogP contribution in [-0.2, 0) is 9.47 Å². The molecule has 19 heavy (non-hydrogen) atoms. The van der Waals surface area contributed by atoms with Crippen LogP contribution in [0.3, 0.4) is 0 Å². The van der Waals surface area contributed by atoms with Crippen molar-refractivity contribution in [1.29, 1.82) is 0 Å². The Bertz CT molecular complexity index is 460. The van der Waals surface area contributed by atoms with Gasteiger partial charge in [0.2, 0.25) is 0 Å². The van der Waals surface area contributed by atoms with Gasteiger partial charge < -0.3 is 20.1 Å². The third kappa shape index (κ3) is 3.45. The summed E-state index contributed by atoms with van der Waals surface area (Å²) in [7, 11) is 1.79. The SMILES string of the molecule is CNc1ccccc1C(=O)NCC1COC(C)(C)O1. The van der Waals surface area contributed by atoms with Gasteiger partial charge in [-0.15, -0.1) is 0 Å². The molecule has 104 valence electrons. The number of benzene rings is 1. The van der Waals surface area contributed by atoms with Crippen molar-refractivity contribution in [2.75, 3.05) is 25.5 Å². The van der Waals surface area contributed by atoms with Crippen molar-refractivity contribution in [2.45, 2.75) is 25.7 Å². The van der Waals surface area contributed by atoms with Crippen LogP contribution < -0.4 is 10.6 Å². The fraction of sp³-hybridized carbons (Fsp3) is 0.500. The van der Waals surface area contributed by atoms with E-state index in [4.69, 9.17) is 9.47 Å². The summed E-state index contributed by atoms with van der Waals surface area (Å²) in [6.07, 6.45) is -0.0966. The first-order chi connectivity index (χ1) is 9.02. The average Bonchev–Trinajstić information content (AvgIpc) is 2.75. The molecule has 1 aliphatic heterocycles. The Morgan fingerprint density at radius 1 is 1.42 bits per heavy atom. The Balaban J connectivity index is 1.91. The number of carbonyl (C=O) groups excluding carboxylic acids is 1. The summed E-state index contributed by atoms with van der Waals surface area (Å²) in [6.45, 7) is 4.68. The second-order valence-corrected chi connectivity index (χ2v) is 4.96. The van der Waals surface area contributed by atoms with Crippen LogP contribution in [0.4, 0.5) is 5.69 Å². The number of para-hydroxylation sites is 1. The van der Waals surface area contributed by atoms with Gasteiger partial charge in [-0.05, 0) is 26.0 Å². The first-order valence-corrected chi connectivity index (χ1v) is 6.38. The first kappa shape index (κ1) is 13.8. The molecule has 2 rings (SSSR count). The molecule has 1 saturated heterocycles. The molecule has 5 heteroatoms. The molecule has 2 N–H and O–H groups in total. The lowest BCUT2D eigenvalue weighted by atomic mass is 10.1. The number of amides is 1. The number of rotatable bonds is 4. The molecule has 1 amide bonds. The summed E-state index contributed by atoms with van der Waals surface area (Å²) in [4.78, 5) is 12.1. The highest BCUT2D eigenvalue weighted by Crippen LogP contribution is 2.22. The fourth-order valence-electron chi connectivity index (χ4n) is 2.06. The smallest absolute Gasteiger partial charge is 0.253 e. The van der Waals surface area contributed by atoms with Crippen LogP contribution in [0.1, 0.15) is 24.2 Å². The van der Waals surface area contributed by atoms with Crippen LogP contribution in [0.2, 0.25) is 0 Å². The van der Waals surface area contributed by atoms with E-state index in [1.807, 2.05) is 32.0 Å². The molecule has 5 nitrogen and oxygen atoms in total. The number of anilines is 1. The van der Waals surface area contributed by atoms with E-state index in [1.54, 1.807) is 13.1 Å². The van der Waals surface area contributed by atoms with Crippen molar-refractivity contribution in [2.24, 2.45) is 0 Å². The lowest BCUT2D eigenvalue weighted by Gasteiger charge is -2.17. The second-order valence-electron chi connectivity index (χ2n) is 4.96. The fourth-order valence-corrected chi connectivity index (χ4v) is 2.06. The van der Waals surface area contributed by atoms with E-state index in [9.17, 15) is 4.79 Å². The zero-order valence-electron chi connectivity index (χ0n) is 11.5. The Hall–Kier alpha value is -1.59. The molecule has 1 atom stereocenters. The summed E-state index contributed by atoms with van der Waals surface area (Å²) in [5.41, 5.74) is 1.44. The first-order valence-electron chi connectivity index (χ1n) is 6.38.